The van der Waals surface area contributed by atoms with Crippen molar-refractivity contribution in [3.05, 3.63) is 59.7 Å². The van der Waals surface area contributed by atoms with Crippen LogP contribution >= 0.6 is 0 Å². The minimum atomic E-state index is -0.0587. The number of hydrogen-bond donors (Lipinski definition) is 1. The molecule has 0 aliphatic carbocycles. The molecule has 1 aliphatic rings. The lowest BCUT2D eigenvalue weighted by molar-refractivity contribution is 0.0924. The lowest BCUT2D eigenvalue weighted by Gasteiger charge is -2.35. The van der Waals surface area contributed by atoms with Gasteiger partial charge >= 0.3 is 0 Å². The first-order chi connectivity index (χ1) is 14.1. The van der Waals surface area contributed by atoms with Crippen molar-refractivity contribution < 1.29 is 14.3 Å². The Morgan fingerprint density at radius 3 is 2.17 bits per heavy atom. The molecule has 1 heterocycles. The SMILES string of the molecule is COc1ccc(C(CNC(=O)c2ccc(OC(C)C)cc2)N2CCCCC2)cc1. The van der Waals surface area contributed by atoms with Crippen LogP contribution in [0.4, 0.5) is 0 Å². The van der Waals surface area contributed by atoms with E-state index >= 15 is 0 Å². The third kappa shape index (κ3) is 5.97. The Balaban J connectivity index is 1.67. The van der Waals surface area contributed by atoms with Gasteiger partial charge in [-0.3, -0.25) is 9.69 Å². The molecule has 5 nitrogen and oxygen atoms in total. The van der Waals surface area contributed by atoms with Crippen molar-refractivity contribution in [1.29, 1.82) is 0 Å². The summed E-state index contributed by atoms with van der Waals surface area (Å²) in [4.78, 5) is 15.2. The fourth-order valence-electron chi connectivity index (χ4n) is 3.76. The number of piperidine rings is 1. The number of carbonyl (C=O) groups excluding carboxylic acids is 1. The summed E-state index contributed by atoms with van der Waals surface area (Å²) in [6, 6.07) is 15.7. The largest absolute Gasteiger partial charge is 0.497 e. The second-order valence-corrected chi connectivity index (χ2v) is 7.79. The molecule has 1 fully saturated rings. The quantitative estimate of drug-likeness (QED) is 0.717. The van der Waals surface area contributed by atoms with E-state index in [1.54, 1.807) is 7.11 Å². The number of hydrogen-bond acceptors (Lipinski definition) is 4. The molecule has 29 heavy (non-hydrogen) atoms. The molecule has 0 radical (unpaired) electrons. The Kier molecular flexibility index (Phi) is 7.53. The van der Waals surface area contributed by atoms with E-state index < -0.39 is 0 Å². The highest BCUT2D eigenvalue weighted by Gasteiger charge is 2.23. The van der Waals surface area contributed by atoms with Crippen LogP contribution in [0.15, 0.2) is 48.5 Å². The Bertz CT molecular complexity index is 766. The predicted molar refractivity (Wildman–Crippen MR) is 116 cm³/mol. The maximum absolute atomic E-state index is 12.7. The molecule has 2 aromatic rings. The Morgan fingerprint density at radius 1 is 0.966 bits per heavy atom. The van der Waals surface area contributed by atoms with Gasteiger partial charge < -0.3 is 14.8 Å². The van der Waals surface area contributed by atoms with Gasteiger partial charge in [-0.1, -0.05) is 18.6 Å². The maximum Gasteiger partial charge on any atom is 0.251 e. The van der Waals surface area contributed by atoms with Crippen LogP contribution in [0.25, 0.3) is 0 Å². The lowest BCUT2D eigenvalue weighted by Crippen LogP contribution is -2.40. The average Bonchev–Trinajstić information content (AvgIpc) is 2.75. The van der Waals surface area contributed by atoms with Gasteiger partial charge in [-0.15, -0.1) is 0 Å². The number of carbonyl (C=O) groups is 1. The third-order valence-electron chi connectivity index (χ3n) is 5.28. The monoisotopic (exact) mass is 396 g/mol. The second kappa shape index (κ2) is 10.3. The molecule has 1 atom stereocenters. The van der Waals surface area contributed by atoms with E-state index in [-0.39, 0.29) is 18.1 Å². The fraction of sp³-hybridized carbons (Fsp3) is 0.458. The van der Waals surface area contributed by atoms with Crippen LogP contribution in [0.2, 0.25) is 0 Å². The van der Waals surface area contributed by atoms with Crippen molar-refractivity contribution >= 4 is 5.91 Å². The van der Waals surface area contributed by atoms with Crippen LogP contribution in [0.3, 0.4) is 0 Å². The fourth-order valence-corrected chi connectivity index (χ4v) is 3.76. The number of methoxy groups -OCH3 is 1. The van der Waals surface area contributed by atoms with Crippen LogP contribution in [0.5, 0.6) is 11.5 Å². The van der Waals surface area contributed by atoms with Gasteiger partial charge in [-0.2, -0.15) is 0 Å². The Labute approximate surface area is 174 Å². The van der Waals surface area contributed by atoms with Gasteiger partial charge in [0.1, 0.15) is 11.5 Å². The molecule has 1 saturated heterocycles. The van der Waals surface area contributed by atoms with Gasteiger partial charge in [-0.05, 0) is 81.7 Å². The summed E-state index contributed by atoms with van der Waals surface area (Å²) < 4.78 is 10.9. The van der Waals surface area contributed by atoms with Crippen molar-refractivity contribution in [2.24, 2.45) is 0 Å². The van der Waals surface area contributed by atoms with Crippen molar-refractivity contribution in [2.45, 2.75) is 45.3 Å². The van der Waals surface area contributed by atoms with Gasteiger partial charge in [0.05, 0.1) is 19.3 Å². The summed E-state index contributed by atoms with van der Waals surface area (Å²) in [7, 11) is 1.68. The van der Waals surface area contributed by atoms with Crippen LogP contribution < -0.4 is 14.8 Å². The summed E-state index contributed by atoms with van der Waals surface area (Å²) in [5, 5.41) is 3.13. The summed E-state index contributed by atoms with van der Waals surface area (Å²) in [5.41, 5.74) is 1.85. The van der Waals surface area contributed by atoms with Gasteiger partial charge in [-0.25, -0.2) is 0 Å². The number of rotatable bonds is 8. The number of likely N-dealkylation sites (tertiary alicyclic amines) is 1. The second-order valence-electron chi connectivity index (χ2n) is 7.79. The molecule has 1 N–H and O–H groups in total. The first kappa shape index (κ1) is 21.2. The smallest absolute Gasteiger partial charge is 0.251 e. The topological polar surface area (TPSA) is 50.8 Å². The molecular formula is C24H32N2O3. The minimum absolute atomic E-state index is 0.0587. The zero-order valence-corrected chi connectivity index (χ0v) is 17.7. The summed E-state index contributed by atoms with van der Waals surface area (Å²) in [6.45, 7) is 6.68. The zero-order chi connectivity index (χ0) is 20.6. The molecule has 156 valence electrons. The zero-order valence-electron chi connectivity index (χ0n) is 17.7. The molecule has 1 unspecified atom stereocenters. The summed E-state index contributed by atoms with van der Waals surface area (Å²) >= 11 is 0. The van der Waals surface area contributed by atoms with Crippen LogP contribution in [-0.2, 0) is 0 Å². The van der Waals surface area contributed by atoms with Crippen LogP contribution in [0.1, 0.15) is 55.1 Å². The Morgan fingerprint density at radius 2 is 1.59 bits per heavy atom. The molecule has 1 aliphatic heterocycles. The Hall–Kier alpha value is -2.53. The average molecular weight is 397 g/mol. The molecule has 5 heteroatoms. The van der Waals surface area contributed by atoms with Gasteiger partial charge in [0.25, 0.3) is 5.91 Å². The van der Waals surface area contributed by atoms with E-state index in [4.69, 9.17) is 9.47 Å². The number of benzene rings is 2. The van der Waals surface area contributed by atoms with E-state index in [1.165, 1.54) is 24.8 Å². The number of amides is 1. The van der Waals surface area contributed by atoms with E-state index in [0.29, 0.717) is 12.1 Å². The first-order valence-electron chi connectivity index (χ1n) is 10.5. The maximum atomic E-state index is 12.7. The normalized spacial score (nSPS) is 15.7. The van der Waals surface area contributed by atoms with E-state index in [9.17, 15) is 4.79 Å². The van der Waals surface area contributed by atoms with Crippen molar-refractivity contribution in [1.82, 2.24) is 10.2 Å². The highest BCUT2D eigenvalue weighted by atomic mass is 16.5. The predicted octanol–water partition coefficient (Wildman–Crippen LogP) is 4.44. The van der Waals surface area contributed by atoms with Crippen molar-refractivity contribution in [3.8, 4) is 11.5 Å². The molecule has 2 aromatic carbocycles. The van der Waals surface area contributed by atoms with Crippen molar-refractivity contribution in [3.63, 3.8) is 0 Å². The first-order valence-corrected chi connectivity index (χ1v) is 10.5. The van der Waals surface area contributed by atoms with Gasteiger partial charge in [0, 0.05) is 12.1 Å². The molecule has 1 amide bonds. The number of ether oxygens (including phenoxy) is 2. The molecule has 3 rings (SSSR count). The van der Waals surface area contributed by atoms with Gasteiger partial charge in [0.2, 0.25) is 0 Å². The van der Waals surface area contributed by atoms with E-state index in [2.05, 4.69) is 22.3 Å². The van der Waals surface area contributed by atoms with Crippen LogP contribution in [0, 0.1) is 0 Å². The van der Waals surface area contributed by atoms with Gasteiger partial charge in [0.15, 0.2) is 0 Å². The highest BCUT2D eigenvalue weighted by molar-refractivity contribution is 5.94. The molecule has 0 bridgehead atoms. The highest BCUT2D eigenvalue weighted by Crippen LogP contribution is 2.26. The summed E-state index contributed by atoms with van der Waals surface area (Å²) in [6.07, 6.45) is 3.81. The van der Waals surface area contributed by atoms with E-state index in [1.807, 2.05) is 50.2 Å². The minimum Gasteiger partial charge on any atom is -0.497 e. The molecular weight excluding hydrogens is 364 g/mol. The molecule has 0 spiro atoms. The van der Waals surface area contributed by atoms with Crippen molar-refractivity contribution in [2.75, 3.05) is 26.7 Å². The summed E-state index contributed by atoms with van der Waals surface area (Å²) in [5.74, 6) is 1.57. The standard InChI is InChI=1S/C24H32N2O3/c1-18(2)29-22-13-9-20(10-14-22)24(27)25-17-23(26-15-5-4-6-16-26)19-7-11-21(28-3)12-8-19/h7-14,18,23H,4-6,15-17H2,1-3H3,(H,25,27). The third-order valence-corrected chi connectivity index (χ3v) is 5.28. The lowest BCUT2D eigenvalue weighted by atomic mass is 10.0. The van der Waals surface area contributed by atoms with Crippen LogP contribution in [-0.4, -0.2) is 43.7 Å². The molecule has 0 saturated carbocycles. The molecule has 0 aromatic heterocycles. The number of nitrogens with zero attached hydrogens (tertiary/aromatic N) is 1. The number of nitrogens with one attached hydrogen (secondary N) is 1. The van der Waals surface area contributed by atoms with E-state index in [0.717, 1.165) is 24.6 Å².